The number of amides is 1. The van der Waals surface area contributed by atoms with Crippen molar-refractivity contribution in [2.24, 2.45) is 0 Å². The fourth-order valence-corrected chi connectivity index (χ4v) is 4.73. The number of hydrogen-bond donors (Lipinski definition) is 2. The fraction of sp³-hybridized carbons (Fsp3) is 0.320. The molecule has 0 saturated heterocycles. The topological polar surface area (TPSA) is 133 Å². The molecule has 1 aliphatic heterocycles. The molecule has 0 bridgehead atoms. The number of fused-ring (bicyclic) bond motifs is 1. The van der Waals surface area contributed by atoms with Gasteiger partial charge in [0.25, 0.3) is 5.91 Å². The highest BCUT2D eigenvalue weighted by molar-refractivity contribution is 7.99. The van der Waals surface area contributed by atoms with E-state index < -0.39 is 16.9 Å². The van der Waals surface area contributed by atoms with Gasteiger partial charge in [-0.15, -0.1) is 5.10 Å². The van der Waals surface area contributed by atoms with Gasteiger partial charge < -0.3 is 20.1 Å². The molecule has 1 amide bonds. The molecule has 2 aromatic carbocycles. The Bertz CT molecular complexity index is 1360. The maximum Gasteiger partial charge on any atom is 0.311 e. The van der Waals surface area contributed by atoms with E-state index in [1.807, 2.05) is 13.0 Å². The minimum atomic E-state index is -0.774. The van der Waals surface area contributed by atoms with Crippen molar-refractivity contribution in [2.75, 3.05) is 30.1 Å². The van der Waals surface area contributed by atoms with Crippen LogP contribution >= 0.6 is 11.8 Å². The Morgan fingerprint density at radius 2 is 2.03 bits per heavy atom. The number of carbonyl (C=O) groups is 1. The lowest BCUT2D eigenvalue weighted by Crippen LogP contribution is -2.31. The first-order chi connectivity index (χ1) is 17.9. The van der Waals surface area contributed by atoms with Gasteiger partial charge in [-0.05, 0) is 44.0 Å². The van der Waals surface area contributed by atoms with Crippen molar-refractivity contribution in [2.45, 2.75) is 38.4 Å². The summed E-state index contributed by atoms with van der Waals surface area (Å²) in [6, 6.07) is 11.0. The van der Waals surface area contributed by atoms with Crippen LogP contribution in [-0.2, 0) is 4.79 Å². The van der Waals surface area contributed by atoms with Crippen LogP contribution in [0.3, 0.4) is 0 Å². The number of ether oxygens (including phenoxy) is 2. The lowest BCUT2D eigenvalue weighted by atomic mass is 9.94. The number of hydrogen-bond acceptors (Lipinski definition) is 9. The van der Waals surface area contributed by atoms with Crippen LogP contribution in [0.25, 0.3) is 0 Å². The Hall–Kier alpha value is -4.06. The summed E-state index contributed by atoms with van der Waals surface area (Å²) in [4.78, 5) is 29.6. The number of nitrogens with one attached hydrogen (secondary N) is 2. The molecule has 37 heavy (non-hydrogen) atoms. The number of benzene rings is 2. The van der Waals surface area contributed by atoms with Crippen molar-refractivity contribution >= 4 is 35.0 Å². The van der Waals surface area contributed by atoms with Crippen molar-refractivity contribution in [3.8, 4) is 11.5 Å². The summed E-state index contributed by atoms with van der Waals surface area (Å²) in [5, 5.41) is 23.1. The van der Waals surface area contributed by atoms with Crippen LogP contribution in [0.4, 0.5) is 17.3 Å². The summed E-state index contributed by atoms with van der Waals surface area (Å²) in [6.45, 7) is 6.14. The van der Waals surface area contributed by atoms with Crippen LogP contribution in [0.1, 0.15) is 38.8 Å². The van der Waals surface area contributed by atoms with E-state index in [0.717, 1.165) is 12.2 Å². The second kappa shape index (κ2) is 11.3. The van der Waals surface area contributed by atoms with E-state index in [2.05, 4.69) is 27.6 Å². The molecule has 3 aromatic rings. The Morgan fingerprint density at radius 1 is 1.24 bits per heavy atom. The van der Waals surface area contributed by atoms with Gasteiger partial charge in [0.15, 0.2) is 5.75 Å². The predicted molar refractivity (Wildman–Crippen MR) is 141 cm³/mol. The molecule has 1 aliphatic rings. The SMILES string of the molecule is CCCSc1nc2n(n1)C(c1ccc(OC)c([N+](=O)[O-])c1)C(C(=O)Nc1ccccc1OCC)=C(C)N2. The summed E-state index contributed by atoms with van der Waals surface area (Å²) in [5.41, 5.74) is 1.70. The molecule has 0 fully saturated rings. The molecule has 2 N–H and O–H groups in total. The highest BCUT2D eigenvalue weighted by atomic mass is 32.2. The van der Waals surface area contributed by atoms with E-state index >= 15 is 0 Å². The van der Waals surface area contributed by atoms with Gasteiger partial charge in [-0.2, -0.15) is 4.98 Å². The number of aromatic nitrogens is 3. The molecule has 0 saturated carbocycles. The normalized spacial score (nSPS) is 14.5. The minimum absolute atomic E-state index is 0.123. The second-order valence-electron chi connectivity index (χ2n) is 8.15. The molecule has 11 nitrogen and oxygen atoms in total. The lowest BCUT2D eigenvalue weighted by Gasteiger charge is -2.28. The van der Waals surface area contributed by atoms with Crippen molar-refractivity contribution in [1.82, 2.24) is 14.8 Å². The fourth-order valence-electron chi connectivity index (χ4n) is 4.05. The molecule has 0 radical (unpaired) electrons. The van der Waals surface area contributed by atoms with Crippen molar-refractivity contribution in [1.29, 1.82) is 0 Å². The van der Waals surface area contributed by atoms with Gasteiger partial charge >= 0.3 is 5.69 Å². The summed E-state index contributed by atoms with van der Waals surface area (Å²) in [7, 11) is 1.37. The van der Waals surface area contributed by atoms with E-state index in [0.29, 0.717) is 46.0 Å². The molecule has 1 aromatic heterocycles. The van der Waals surface area contributed by atoms with Gasteiger partial charge in [-0.3, -0.25) is 14.9 Å². The molecule has 1 atom stereocenters. The van der Waals surface area contributed by atoms with Gasteiger partial charge in [0.1, 0.15) is 11.8 Å². The standard InChI is InChI=1S/C25H28N6O5S/c1-5-13-37-25-28-24-26-15(3)21(23(32)27-17-9-7-8-10-19(17)36-6-2)22(30(24)29-25)16-11-12-20(35-4)18(14-16)31(33)34/h7-12,14,22H,5-6,13H2,1-4H3,(H,27,32)(H,26,28,29). The summed E-state index contributed by atoms with van der Waals surface area (Å²) in [5.74, 6) is 1.54. The summed E-state index contributed by atoms with van der Waals surface area (Å²) >= 11 is 1.50. The maximum atomic E-state index is 13.8. The zero-order valence-corrected chi connectivity index (χ0v) is 21.8. The molecule has 2 heterocycles. The molecule has 4 rings (SSSR count). The van der Waals surface area contributed by atoms with E-state index in [-0.39, 0.29) is 11.4 Å². The molecular formula is C25H28N6O5S. The Morgan fingerprint density at radius 3 is 2.73 bits per heavy atom. The molecule has 0 spiro atoms. The Balaban J connectivity index is 1.82. The first-order valence-electron chi connectivity index (χ1n) is 11.8. The Kier molecular flexibility index (Phi) is 7.97. The van der Waals surface area contributed by atoms with Crippen LogP contribution in [0, 0.1) is 10.1 Å². The molecule has 12 heteroatoms. The molecule has 1 unspecified atom stereocenters. The van der Waals surface area contributed by atoms with Crippen LogP contribution in [0.15, 0.2) is 58.9 Å². The number of methoxy groups -OCH3 is 1. The third-order valence-corrected chi connectivity index (χ3v) is 6.71. The third kappa shape index (κ3) is 5.38. The highest BCUT2D eigenvalue weighted by Crippen LogP contribution is 2.40. The molecule has 0 aliphatic carbocycles. The van der Waals surface area contributed by atoms with Gasteiger partial charge in [-0.25, -0.2) is 4.68 Å². The summed E-state index contributed by atoms with van der Waals surface area (Å²) < 4.78 is 12.4. The van der Waals surface area contributed by atoms with Crippen LogP contribution in [-0.4, -0.2) is 45.1 Å². The van der Waals surface area contributed by atoms with Crippen molar-refractivity contribution < 1.29 is 19.2 Å². The molecule has 194 valence electrons. The zero-order chi connectivity index (χ0) is 26.5. The lowest BCUT2D eigenvalue weighted by molar-refractivity contribution is -0.385. The first kappa shape index (κ1) is 26.0. The number of nitrogens with zero attached hydrogens (tertiary/aromatic N) is 4. The zero-order valence-electron chi connectivity index (χ0n) is 21.0. The average molecular weight is 525 g/mol. The van der Waals surface area contributed by atoms with Gasteiger partial charge in [0.05, 0.1) is 29.9 Å². The number of para-hydroxylation sites is 2. The first-order valence-corrected chi connectivity index (χ1v) is 12.8. The summed E-state index contributed by atoms with van der Waals surface area (Å²) in [6.07, 6.45) is 0.945. The predicted octanol–water partition coefficient (Wildman–Crippen LogP) is 5.02. The number of allylic oxidation sites excluding steroid dienone is 1. The van der Waals surface area contributed by atoms with Gasteiger partial charge in [-0.1, -0.05) is 36.9 Å². The number of thioether (sulfide) groups is 1. The number of carbonyl (C=O) groups excluding carboxylic acids is 1. The smallest absolute Gasteiger partial charge is 0.311 e. The van der Waals surface area contributed by atoms with Crippen LogP contribution in [0.5, 0.6) is 11.5 Å². The monoisotopic (exact) mass is 524 g/mol. The maximum absolute atomic E-state index is 13.8. The van der Waals surface area contributed by atoms with Gasteiger partial charge in [0, 0.05) is 17.5 Å². The van der Waals surface area contributed by atoms with E-state index in [4.69, 9.17) is 9.47 Å². The highest BCUT2D eigenvalue weighted by Gasteiger charge is 2.36. The van der Waals surface area contributed by atoms with Crippen LogP contribution in [0.2, 0.25) is 0 Å². The van der Waals surface area contributed by atoms with Crippen molar-refractivity contribution in [3.05, 3.63) is 69.4 Å². The largest absolute Gasteiger partial charge is 0.492 e. The third-order valence-electron chi connectivity index (χ3n) is 5.66. The van der Waals surface area contributed by atoms with Gasteiger partial charge in [0.2, 0.25) is 11.1 Å². The number of nitro groups is 1. The Labute approximate surface area is 218 Å². The van der Waals surface area contributed by atoms with E-state index in [1.54, 1.807) is 35.9 Å². The quantitative estimate of drug-likeness (QED) is 0.213. The number of rotatable bonds is 10. The molecular weight excluding hydrogens is 496 g/mol. The van der Waals surface area contributed by atoms with E-state index in [9.17, 15) is 14.9 Å². The number of nitro benzene ring substituents is 1. The second-order valence-corrected chi connectivity index (χ2v) is 9.21. The van der Waals surface area contributed by atoms with Crippen LogP contribution < -0.4 is 20.1 Å². The van der Waals surface area contributed by atoms with E-state index in [1.165, 1.54) is 31.0 Å². The average Bonchev–Trinajstić information content (AvgIpc) is 3.29. The minimum Gasteiger partial charge on any atom is -0.492 e. The number of anilines is 2. The van der Waals surface area contributed by atoms with Crippen molar-refractivity contribution in [3.63, 3.8) is 0 Å².